The van der Waals surface area contributed by atoms with E-state index in [1.54, 1.807) is 39.8 Å². The molecule has 2 heterocycles. The lowest BCUT2D eigenvalue weighted by molar-refractivity contribution is 0.196. The van der Waals surface area contributed by atoms with Crippen LogP contribution in [0.3, 0.4) is 0 Å². The predicted octanol–water partition coefficient (Wildman–Crippen LogP) is 13.2. The molecule has 4 aromatic carbocycles. The summed E-state index contributed by atoms with van der Waals surface area (Å²) < 4.78 is 113. The zero-order valence-electron chi connectivity index (χ0n) is 40.4. The van der Waals surface area contributed by atoms with Gasteiger partial charge in [0, 0.05) is 25.3 Å². The molecule has 1 atom stereocenters. The van der Waals surface area contributed by atoms with E-state index in [9.17, 15) is 13.7 Å². The first-order valence-corrected chi connectivity index (χ1v) is 28.9. The lowest BCUT2D eigenvalue weighted by Crippen LogP contribution is -2.19. The average molecular weight is 975 g/mol. The second kappa shape index (κ2) is 19.6. The summed E-state index contributed by atoms with van der Waals surface area (Å²) in [6.07, 6.45) is -0.980. The van der Waals surface area contributed by atoms with Gasteiger partial charge in [0.15, 0.2) is 12.7 Å². The van der Waals surface area contributed by atoms with Crippen LogP contribution in [0.5, 0.6) is 11.5 Å². The van der Waals surface area contributed by atoms with E-state index in [1.165, 1.54) is 14.2 Å². The summed E-state index contributed by atoms with van der Waals surface area (Å²) in [7, 11) is -12.8. The van der Waals surface area contributed by atoms with Crippen LogP contribution in [0, 0.1) is 13.8 Å². The number of hydrogen-bond acceptors (Lipinski definition) is 13. The summed E-state index contributed by atoms with van der Waals surface area (Å²) in [5, 5.41) is 0.757. The summed E-state index contributed by atoms with van der Waals surface area (Å²) in [4.78, 5) is 0. The Balaban J connectivity index is 1.75. The second-order valence-electron chi connectivity index (χ2n) is 18.2. The summed E-state index contributed by atoms with van der Waals surface area (Å²) in [5.74, 6) is 0.556. The molecule has 1 unspecified atom stereocenters. The van der Waals surface area contributed by atoms with E-state index >= 15 is 4.57 Å². The van der Waals surface area contributed by atoms with Gasteiger partial charge in [-0.3, -0.25) is 18.3 Å². The average Bonchev–Trinajstić information content (AvgIpc) is 3.39. The van der Waals surface area contributed by atoms with Crippen molar-refractivity contribution in [1.29, 1.82) is 0 Å². The minimum Gasteiger partial charge on any atom is -0.480 e. The maximum atomic E-state index is 16.9. The summed E-state index contributed by atoms with van der Waals surface area (Å²) in [6.45, 7) is 24.0. The molecule has 0 fully saturated rings. The Morgan fingerprint density at radius 2 is 1.00 bits per heavy atom. The van der Waals surface area contributed by atoms with Crippen LogP contribution in [0.4, 0.5) is 0 Å². The standard InChI is InChI=1S/C48H66O13P4/c1-15-57-63(50,58-16-2)29-55-41-21-19-35-36-20-22-42(56-30-64(51,59-17-3)60-18-4)44(38-26-34(48(10,11)12)24-32(6)40(38)28-62(49,53-13)54-14)46(36)65(52)45(35)43(41)37-25-33(47(7,8)9)23-31(5)39(37)27-61-65/h19-26H,15-18,27-30H2,1-14H3. The molecular formula is C48H66O13P4. The Labute approximate surface area is 385 Å². The fourth-order valence-corrected chi connectivity index (χ4v) is 15.1. The van der Waals surface area contributed by atoms with Crippen LogP contribution in [0.1, 0.15) is 103 Å². The van der Waals surface area contributed by atoms with E-state index in [0.717, 1.165) is 33.4 Å². The molecule has 65 heavy (non-hydrogen) atoms. The van der Waals surface area contributed by atoms with Gasteiger partial charge in [-0.2, -0.15) is 0 Å². The Morgan fingerprint density at radius 3 is 1.42 bits per heavy atom. The van der Waals surface area contributed by atoms with Crippen LogP contribution in [0.15, 0.2) is 48.5 Å². The fraction of sp³-hybridized carbons (Fsp3) is 0.500. The second-order valence-corrected chi connectivity index (χ2v) is 26.7. The highest BCUT2D eigenvalue weighted by Crippen LogP contribution is 2.64. The normalized spacial score (nSPS) is 16.2. The van der Waals surface area contributed by atoms with E-state index in [1.807, 2.05) is 38.1 Å². The van der Waals surface area contributed by atoms with Crippen molar-refractivity contribution < 1.29 is 59.4 Å². The van der Waals surface area contributed by atoms with Crippen LogP contribution >= 0.6 is 30.2 Å². The van der Waals surface area contributed by atoms with E-state index in [-0.39, 0.29) is 55.8 Å². The molecule has 0 aliphatic carbocycles. The maximum Gasteiger partial charge on any atom is 0.367 e. The number of benzene rings is 4. The molecule has 0 saturated carbocycles. The molecule has 2 aliphatic heterocycles. The van der Waals surface area contributed by atoms with Crippen LogP contribution in [-0.2, 0) is 73.5 Å². The van der Waals surface area contributed by atoms with Crippen molar-refractivity contribution in [2.75, 3.05) is 53.3 Å². The number of ether oxygens (including phenoxy) is 2. The highest BCUT2D eigenvalue weighted by molar-refractivity contribution is 7.76. The predicted molar refractivity (Wildman–Crippen MR) is 259 cm³/mol. The summed E-state index contributed by atoms with van der Waals surface area (Å²) in [6, 6.07) is 15.5. The minimum atomic E-state index is -4.23. The Hall–Kier alpha value is -2.88. The molecule has 0 saturated heterocycles. The Kier molecular flexibility index (Phi) is 15.5. The molecule has 0 amide bonds. The third kappa shape index (κ3) is 10.3. The molecule has 0 spiro atoms. The first kappa shape index (κ1) is 51.5. The lowest BCUT2D eigenvalue weighted by Gasteiger charge is -2.27. The lowest BCUT2D eigenvalue weighted by atomic mass is 9.81. The first-order chi connectivity index (χ1) is 30.5. The fourth-order valence-electron chi connectivity index (χ4n) is 8.40. The minimum absolute atomic E-state index is 0.0306. The molecule has 0 radical (unpaired) electrons. The van der Waals surface area contributed by atoms with Gasteiger partial charge >= 0.3 is 22.8 Å². The molecule has 4 aromatic rings. The van der Waals surface area contributed by atoms with E-state index in [4.69, 9.17) is 41.1 Å². The number of rotatable bonds is 19. The number of hydrogen-bond donors (Lipinski definition) is 0. The highest BCUT2D eigenvalue weighted by Gasteiger charge is 2.49. The van der Waals surface area contributed by atoms with Gasteiger partial charge in [0.25, 0.3) is 7.37 Å². The van der Waals surface area contributed by atoms with E-state index in [2.05, 4.69) is 53.7 Å². The molecule has 6 rings (SSSR count). The quantitative estimate of drug-likeness (QED) is 0.0820. The molecule has 0 N–H and O–H groups in total. The summed E-state index contributed by atoms with van der Waals surface area (Å²) >= 11 is 0. The van der Waals surface area contributed by atoms with Crippen LogP contribution < -0.4 is 20.1 Å². The first-order valence-electron chi connectivity index (χ1n) is 22.1. The molecule has 2 aliphatic rings. The molecule has 356 valence electrons. The molecule has 13 nitrogen and oxygen atoms in total. The van der Waals surface area contributed by atoms with Gasteiger partial charge in [-0.15, -0.1) is 0 Å². The van der Waals surface area contributed by atoms with Gasteiger partial charge in [0.1, 0.15) is 11.5 Å². The van der Waals surface area contributed by atoms with Gasteiger partial charge in [0.05, 0.1) is 49.8 Å². The van der Waals surface area contributed by atoms with Crippen LogP contribution in [0.2, 0.25) is 0 Å². The monoisotopic (exact) mass is 974 g/mol. The SMILES string of the molecule is CCOP(=O)(COc1ccc2c3c1-c1cc(C(C)(C)C)cc(C)c1COP3(=O)c1c-2ccc(OCP(=O)(OCC)OCC)c1-c1cc(C(C)(C)C)cc(C)c1CP(=O)(OC)OC)OCC. The van der Waals surface area contributed by atoms with Crippen molar-refractivity contribution in [3.63, 3.8) is 0 Å². The van der Waals surface area contributed by atoms with Crippen molar-refractivity contribution in [3.8, 4) is 44.9 Å². The third-order valence-corrected chi connectivity index (χ3v) is 19.6. The van der Waals surface area contributed by atoms with Crippen LogP contribution in [0.25, 0.3) is 33.4 Å². The zero-order valence-corrected chi connectivity index (χ0v) is 43.9. The Bertz CT molecular complexity index is 2610. The molecule has 0 aromatic heterocycles. The summed E-state index contributed by atoms with van der Waals surface area (Å²) in [5.41, 5.74) is 8.02. The van der Waals surface area contributed by atoms with Gasteiger partial charge < -0.3 is 41.1 Å². The molecular weight excluding hydrogens is 908 g/mol. The van der Waals surface area contributed by atoms with Gasteiger partial charge in [-0.1, -0.05) is 65.8 Å². The number of fused-ring (bicyclic) bond motifs is 5. The van der Waals surface area contributed by atoms with Gasteiger partial charge in [-0.25, -0.2) is 0 Å². The maximum absolute atomic E-state index is 16.9. The van der Waals surface area contributed by atoms with Crippen molar-refractivity contribution in [2.45, 2.75) is 107 Å². The van der Waals surface area contributed by atoms with Gasteiger partial charge in [0.2, 0.25) is 0 Å². The Morgan fingerprint density at radius 1 is 0.585 bits per heavy atom. The molecule has 0 bridgehead atoms. The third-order valence-electron chi connectivity index (χ3n) is 11.7. The molecule has 17 heteroatoms. The largest absolute Gasteiger partial charge is 0.480 e. The van der Waals surface area contributed by atoms with Crippen molar-refractivity contribution in [3.05, 3.63) is 81.9 Å². The van der Waals surface area contributed by atoms with Crippen molar-refractivity contribution >= 4 is 40.8 Å². The van der Waals surface area contributed by atoms with Crippen molar-refractivity contribution in [1.82, 2.24) is 0 Å². The smallest absolute Gasteiger partial charge is 0.367 e. The van der Waals surface area contributed by atoms with E-state index in [0.29, 0.717) is 49.7 Å². The van der Waals surface area contributed by atoms with Gasteiger partial charge in [-0.05, 0) is 132 Å². The highest BCUT2D eigenvalue weighted by atomic mass is 31.2. The van der Waals surface area contributed by atoms with Crippen LogP contribution in [-0.4, -0.2) is 53.3 Å². The van der Waals surface area contributed by atoms with Crippen molar-refractivity contribution in [2.24, 2.45) is 0 Å². The van der Waals surface area contributed by atoms with E-state index < -0.39 is 42.9 Å². The number of aryl methyl sites for hydroxylation is 2. The topological polar surface area (TPSA) is 151 Å². The zero-order chi connectivity index (χ0) is 47.9.